The van der Waals surface area contributed by atoms with Crippen molar-refractivity contribution in [3.63, 3.8) is 0 Å². The smallest absolute Gasteiger partial charge is 0.338 e. The number of hydrogen-bond donors (Lipinski definition) is 7. The molecule has 2 aliphatic carbocycles. The van der Waals surface area contributed by atoms with E-state index in [0.717, 1.165) is 38.5 Å². The van der Waals surface area contributed by atoms with Crippen molar-refractivity contribution in [1.29, 1.82) is 0 Å². The van der Waals surface area contributed by atoms with Crippen molar-refractivity contribution in [2.45, 2.75) is 139 Å². The van der Waals surface area contributed by atoms with Gasteiger partial charge in [0.05, 0.1) is 30.5 Å². The highest BCUT2D eigenvalue weighted by Gasteiger charge is 2.52. The van der Waals surface area contributed by atoms with Gasteiger partial charge in [-0.1, -0.05) is 50.8 Å². The van der Waals surface area contributed by atoms with E-state index < -0.39 is 92.1 Å². The third kappa shape index (κ3) is 9.02. The van der Waals surface area contributed by atoms with Crippen LogP contribution in [0.1, 0.15) is 75.6 Å². The first-order chi connectivity index (χ1) is 24.0. The molecular formula is C35H51NO14. The first-order valence-corrected chi connectivity index (χ1v) is 17.6. The molecule has 2 heterocycles. The Morgan fingerprint density at radius 2 is 1.52 bits per heavy atom. The number of nitrogens with one attached hydrogen (secondary N) is 1. The number of amides is 1. The summed E-state index contributed by atoms with van der Waals surface area (Å²) in [7, 11) is 0. The number of esters is 1. The summed E-state index contributed by atoms with van der Waals surface area (Å²) in [4.78, 5) is 26.4. The highest BCUT2D eigenvalue weighted by atomic mass is 16.7. The number of hydroxylamine groups is 1. The van der Waals surface area contributed by atoms with Gasteiger partial charge in [-0.2, -0.15) is 0 Å². The predicted octanol–water partition coefficient (Wildman–Crippen LogP) is 1.06. The van der Waals surface area contributed by atoms with E-state index in [1.807, 2.05) is 6.92 Å². The molecule has 7 N–H and O–H groups in total. The van der Waals surface area contributed by atoms with Crippen LogP contribution in [-0.2, 0) is 33.2 Å². The lowest BCUT2D eigenvalue weighted by Crippen LogP contribution is -2.63. The van der Waals surface area contributed by atoms with Crippen LogP contribution in [-0.4, -0.2) is 123 Å². The molecule has 2 saturated carbocycles. The average Bonchev–Trinajstić information content (AvgIpc) is 3.13. The standard InChI is InChI=1S/C35H51NO14/c1-18-10-9-15-22(29(18)50-34-28(41)27(40)25(38)19(2)45-34)47-35-31(49-33(43)21-13-7-4-8-14-21)30(26(39)24(17-37)48-35)46-23(32(42)36-44)16-20-11-5-3-6-12-20/h4,7-8,13-14,16,18-20,22,24-31,34-35,37-41,44H,3,5-6,9-12,15,17H2,1-2H3,(H,36,42)/b23-16-. The molecule has 5 rings (SSSR count). The van der Waals surface area contributed by atoms with Gasteiger partial charge in [-0.25, -0.2) is 10.3 Å². The zero-order valence-electron chi connectivity index (χ0n) is 28.4. The lowest BCUT2D eigenvalue weighted by atomic mass is 9.85. The van der Waals surface area contributed by atoms with Crippen molar-refractivity contribution in [2.75, 3.05) is 6.61 Å². The number of rotatable bonds is 11. The average molecular weight is 710 g/mol. The lowest BCUT2D eigenvalue weighted by Gasteiger charge is -2.47. The Morgan fingerprint density at radius 3 is 2.20 bits per heavy atom. The number of hydrogen-bond acceptors (Lipinski definition) is 14. The zero-order valence-corrected chi connectivity index (χ0v) is 28.4. The Bertz CT molecular complexity index is 1280. The monoisotopic (exact) mass is 709 g/mol. The van der Waals surface area contributed by atoms with Crippen molar-refractivity contribution in [2.24, 2.45) is 11.8 Å². The molecule has 0 bridgehead atoms. The van der Waals surface area contributed by atoms with Gasteiger partial charge in [0.25, 0.3) is 0 Å². The summed E-state index contributed by atoms with van der Waals surface area (Å²) in [5.74, 6) is -2.26. The van der Waals surface area contributed by atoms with Gasteiger partial charge in [-0.15, -0.1) is 0 Å². The summed E-state index contributed by atoms with van der Waals surface area (Å²) < 4.78 is 36.5. The largest absolute Gasteiger partial charge is 0.478 e. The number of carbonyl (C=O) groups excluding carboxylic acids is 2. The summed E-state index contributed by atoms with van der Waals surface area (Å²) in [6, 6.07) is 8.08. The van der Waals surface area contributed by atoms with Crippen LogP contribution in [0.4, 0.5) is 0 Å². The molecule has 1 amide bonds. The summed E-state index contributed by atoms with van der Waals surface area (Å²) >= 11 is 0. The van der Waals surface area contributed by atoms with E-state index in [9.17, 15) is 40.3 Å². The third-order valence-corrected chi connectivity index (χ3v) is 10.2. The van der Waals surface area contributed by atoms with Gasteiger partial charge in [0, 0.05) is 0 Å². The Hall–Kier alpha value is -2.70. The topological polar surface area (TPSA) is 223 Å². The highest BCUT2D eigenvalue weighted by molar-refractivity contribution is 5.90. The molecular weight excluding hydrogens is 658 g/mol. The van der Waals surface area contributed by atoms with Gasteiger partial charge in [0.1, 0.15) is 30.5 Å². The van der Waals surface area contributed by atoms with Gasteiger partial charge < -0.3 is 54.0 Å². The Labute approximate surface area is 291 Å². The van der Waals surface area contributed by atoms with Crippen molar-refractivity contribution in [3.8, 4) is 0 Å². The molecule has 13 unspecified atom stereocenters. The number of aliphatic hydroxyl groups is 5. The molecule has 280 valence electrons. The molecule has 15 heteroatoms. The van der Waals surface area contributed by atoms with Crippen LogP contribution in [0.15, 0.2) is 42.2 Å². The van der Waals surface area contributed by atoms with Crippen LogP contribution in [0, 0.1) is 11.8 Å². The molecule has 50 heavy (non-hydrogen) atoms. The summed E-state index contributed by atoms with van der Waals surface area (Å²) in [5.41, 5.74) is 1.77. The molecule has 2 aliphatic heterocycles. The van der Waals surface area contributed by atoms with E-state index >= 15 is 0 Å². The van der Waals surface area contributed by atoms with E-state index in [2.05, 4.69) is 0 Å². The van der Waals surface area contributed by atoms with E-state index in [1.54, 1.807) is 36.7 Å². The maximum Gasteiger partial charge on any atom is 0.338 e. The lowest BCUT2D eigenvalue weighted by molar-refractivity contribution is -0.344. The van der Waals surface area contributed by atoms with Crippen LogP contribution in [0.25, 0.3) is 0 Å². The zero-order chi connectivity index (χ0) is 35.9. The van der Waals surface area contributed by atoms with Gasteiger partial charge in [-0.05, 0) is 62.7 Å². The fourth-order valence-corrected chi connectivity index (χ4v) is 7.22. The van der Waals surface area contributed by atoms with Crippen LogP contribution in [0.3, 0.4) is 0 Å². The summed E-state index contributed by atoms with van der Waals surface area (Å²) in [6.07, 6.45) is -7.48. The Morgan fingerprint density at radius 1 is 0.800 bits per heavy atom. The van der Waals surface area contributed by atoms with Gasteiger partial charge in [0.2, 0.25) is 0 Å². The van der Waals surface area contributed by atoms with Crippen LogP contribution in [0.5, 0.6) is 0 Å². The SMILES string of the molecule is CC1CCCC(OC2OC(CO)C(O)C(O/C(=C\C3CCCCC3)C(=O)NO)C2OC(=O)c2ccccc2)C1OC1OC(C)C(O)C(O)C1O. The molecule has 1 aromatic carbocycles. The summed E-state index contributed by atoms with van der Waals surface area (Å²) in [5, 5.41) is 62.5. The third-order valence-electron chi connectivity index (χ3n) is 10.2. The number of ether oxygens (including phenoxy) is 6. The van der Waals surface area contributed by atoms with Gasteiger partial charge >= 0.3 is 11.9 Å². The number of aliphatic hydroxyl groups excluding tert-OH is 5. The Balaban J connectivity index is 1.46. The maximum atomic E-state index is 13.5. The molecule has 0 radical (unpaired) electrons. The van der Waals surface area contributed by atoms with Crippen LogP contribution >= 0.6 is 0 Å². The number of benzene rings is 1. The van der Waals surface area contributed by atoms with E-state index in [-0.39, 0.29) is 23.2 Å². The first-order valence-electron chi connectivity index (χ1n) is 17.6. The van der Waals surface area contributed by atoms with Gasteiger partial charge in [0.15, 0.2) is 30.5 Å². The Kier molecular flexibility index (Phi) is 13.6. The fourth-order valence-electron chi connectivity index (χ4n) is 7.22. The molecule has 13 atom stereocenters. The summed E-state index contributed by atoms with van der Waals surface area (Å²) in [6.45, 7) is 2.78. The van der Waals surface area contributed by atoms with Crippen LogP contribution in [0.2, 0.25) is 0 Å². The number of allylic oxidation sites excluding steroid dienone is 1. The number of carbonyl (C=O) groups is 2. The van der Waals surface area contributed by atoms with E-state index in [1.165, 1.54) is 12.1 Å². The fraction of sp³-hybridized carbons (Fsp3) is 0.714. The second-order valence-corrected chi connectivity index (χ2v) is 13.8. The van der Waals surface area contributed by atoms with Crippen LogP contribution < -0.4 is 5.48 Å². The molecule has 2 saturated heterocycles. The second kappa shape index (κ2) is 17.7. The minimum atomic E-state index is -1.62. The van der Waals surface area contributed by atoms with Gasteiger partial charge in [-0.3, -0.25) is 10.0 Å². The highest BCUT2D eigenvalue weighted by Crippen LogP contribution is 2.37. The van der Waals surface area contributed by atoms with Crippen molar-refractivity contribution < 1.29 is 68.8 Å². The maximum absolute atomic E-state index is 13.5. The quantitative estimate of drug-likeness (QED) is 0.0562. The van der Waals surface area contributed by atoms with Crippen molar-refractivity contribution in [3.05, 3.63) is 47.7 Å². The van der Waals surface area contributed by atoms with E-state index in [0.29, 0.717) is 12.8 Å². The normalized spacial score (nSPS) is 38.6. The predicted molar refractivity (Wildman–Crippen MR) is 172 cm³/mol. The molecule has 0 spiro atoms. The minimum Gasteiger partial charge on any atom is -0.478 e. The molecule has 4 aliphatic rings. The molecule has 15 nitrogen and oxygen atoms in total. The van der Waals surface area contributed by atoms with E-state index in [4.69, 9.17) is 28.4 Å². The van der Waals surface area contributed by atoms with Crippen molar-refractivity contribution in [1.82, 2.24) is 5.48 Å². The minimum absolute atomic E-state index is 0.0413. The van der Waals surface area contributed by atoms with Crippen molar-refractivity contribution >= 4 is 11.9 Å². The second-order valence-electron chi connectivity index (χ2n) is 13.8. The molecule has 1 aromatic rings. The first kappa shape index (κ1) is 38.5. The molecule has 0 aromatic heterocycles. The molecule has 4 fully saturated rings.